The minimum Gasteiger partial charge on any atom is -0.491 e. The Morgan fingerprint density at radius 2 is 2.00 bits per heavy atom. The number of hydrogen-bond acceptors (Lipinski definition) is 4. The Hall–Kier alpha value is -2.71. The lowest BCUT2D eigenvalue weighted by Crippen LogP contribution is -2.18. The SMILES string of the molecule is CS(=O)(=O)c1ccc(NCC#Cc2c(F)c3c(Br)cccc3n2CC(F)(F)F)c2c1CCO2. The van der Waals surface area contributed by atoms with Crippen molar-refractivity contribution in [2.75, 3.05) is 24.7 Å². The molecule has 5 nitrogen and oxygen atoms in total. The maximum atomic E-state index is 15.0. The van der Waals surface area contributed by atoms with Gasteiger partial charge in [0.05, 0.1) is 34.6 Å². The third kappa shape index (κ3) is 4.68. The number of sulfone groups is 1. The fraction of sp³-hybridized carbons (Fsp3) is 0.273. The van der Waals surface area contributed by atoms with Gasteiger partial charge in [-0.1, -0.05) is 12.0 Å². The van der Waals surface area contributed by atoms with Crippen LogP contribution >= 0.6 is 15.9 Å². The Morgan fingerprint density at radius 3 is 2.70 bits per heavy atom. The fourth-order valence-electron chi connectivity index (χ4n) is 3.80. The monoisotopic (exact) mass is 544 g/mol. The number of nitrogens with one attached hydrogen (secondary N) is 1. The molecule has 0 spiro atoms. The molecule has 0 unspecified atom stereocenters. The lowest BCUT2D eigenvalue weighted by atomic mass is 10.1. The van der Waals surface area contributed by atoms with E-state index in [9.17, 15) is 26.0 Å². The van der Waals surface area contributed by atoms with E-state index in [1.54, 1.807) is 12.1 Å². The van der Waals surface area contributed by atoms with Crippen molar-refractivity contribution in [1.82, 2.24) is 4.57 Å². The molecule has 1 aromatic heterocycles. The molecule has 1 aliphatic heterocycles. The van der Waals surface area contributed by atoms with Gasteiger partial charge in [0.2, 0.25) is 0 Å². The van der Waals surface area contributed by atoms with Crippen LogP contribution in [0.5, 0.6) is 5.75 Å². The summed E-state index contributed by atoms with van der Waals surface area (Å²) < 4.78 is 85.0. The highest BCUT2D eigenvalue weighted by Gasteiger charge is 2.31. The van der Waals surface area contributed by atoms with Crippen LogP contribution in [0.2, 0.25) is 0 Å². The zero-order chi connectivity index (χ0) is 24.0. The minimum atomic E-state index is -4.56. The van der Waals surface area contributed by atoms with E-state index < -0.39 is 28.4 Å². The molecule has 0 atom stereocenters. The van der Waals surface area contributed by atoms with Gasteiger partial charge >= 0.3 is 6.18 Å². The summed E-state index contributed by atoms with van der Waals surface area (Å²) in [5.41, 5.74) is 0.781. The van der Waals surface area contributed by atoms with E-state index in [1.165, 1.54) is 18.2 Å². The Morgan fingerprint density at radius 1 is 1.24 bits per heavy atom. The number of nitrogens with zero attached hydrogens (tertiary/aromatic N) is 1. The molecule has 0 bridgehead atoms. The van der Waals surface area contributed by atoms with E-state index in [0.29, 0.717) is 34.5 Å². The molecule has 4 rings (SSSR count). The summed E-state index contributed by atoms with van der Waals surface area (Å²) in [5, 5.41) is 3.00. The first-order valence-corrected chi connectivity index (χ1v) is 12.4. The fourth-order valence-corrected chi connectivity index (χ4v) is 5.29. The summed E-state index contributed by atoms with van der Waals surface area (Å²) in [6, 6.07) is 7.49. The normalized spacial score (nSPS) is 13.4. The Kier molecular flexibility index (Phi) is 6.09. The Labute approximate surface area is 195 Å². The van der Waals surface area contributed by atoms with Crippen LogP contribution in [0.1, 0.15) is 11.3 Å². The van der Waals surface area contributed by atoms with Crippen LogP contribution in [0.3, 0.4) is 0 Å². The number of aromatic nitrogens is 1. The van der Waals surface area contributed by atoms with Crippen LogP contribution in [-0.4, -0.2) is 38.6 Å². The van der Waals surface area contributed by atoms with Gasteiger partial charge in [0.25, 0.3) is 0 Å². The average Bonchev–Trinajstić information content (AvgIpc) is 3.29. The maximum Gasteiger partial charge on any atom is 0.406 e. The van der Waals surface area contributed by atoms with Gasteiger partial charge < -0.3 is 14.6 Å². The topological polar surface area (TPSA) is 60.3 Å². The van der Waals surface area contributed by atoms with Crippen LogP contribution in [0.4, 0.5) is 23.2 Å². The summed E-state index contributed by atoms with van der Waals surface area (Å²) in [7, 11) is -3.42. The molecule has 33 heavy (non-hydrogen) atoms. The van der Waals surface area contributed by atoms with Gasteiger partial charge in [-0.15, -0.1) is 0 Å². The van der Waals surface area contributed by atoms with Gasteiger partial charge in [0, 0.05) is 22.7 Å². The zero-order valence-electron chi connectivity index (χ0n) is 17.2. The smallest absolute Gasteiger partial charge is 0.406 e. The van der Waals surface area contributed by atoms with Gasteiger partial charge in [-0.3, -0.25) is 0 Å². The van der Waals surface area contributed by atoms with E-state index in [2.05, 4.69) is 33.1 Å². The zero-order valence-corrected chi connectivity index (χ0v) is 19.6. The van der Waals surface area contributed by atoms with E-state index in [4.69, 9.17) is 4.74 Å². The summed E-state index contributed by atoms with van der Waals surface area (Å²) in [6.45, 7) is -1.07. The van der Waals surface area contributed by atoms with E-state index in [1.807, 2.05) is 0 Å². The molecule has 3 aromatic rings. The first-order chi connectivity index (χ1) is 15.5. The third-order valence-electron chi connectivity index (χ3n) is 5.11. The van der Waals surface area contributed by atoms with Crippen LogP contribution in [0, 0.1) is 17.7 Å². The number of hydrogen-bond donors (Lipinski definition) is 1. The summed E-state index contributed by atoms with van der Waals surface area (Å²) in [5.74, 6) is 4.73. The van der Waals surface area contributed by atoms with Crippen molar-refractivity contribution in [2.45, 2.75) is 24.0 Å². The van der Waals surface area contributed by atoms with E-state index in [-0.39, 0.29) is 28.0 Å². The highest BCUT2D eigenvalue weighted by Crippen LogP contribution is 2.38. The lowest BCUT2D eigenvalue weighted by molar-refractivity contribution is -0.140. The minimum absolute atomic E-state index is 0.0256. The van der Waals surface area contributed by atoms with Gasteiger partial charge in [-0.05, 0) is 46.1 Å². The van der Waals surface area contributed by atoms with Crippen molar-refractivity contribution < 1.29 is 30.7 Å². The largest absolute Gasteiger partial charge is 0.491 e. The second-order valence-corrected chi connectivity index (χ2v) is 10.3. The molecule has 0 saturated carbocycles. The second kappa shape index (κ2) is 8.57. The standard InChI is InChI=1S/C22H17BrF4N2O3S/c1-33(30,31)18-8-7-15(21-13(18)9-11-32-21)28-10-3-6-17-20(24)19-14(23)4-2-5-16(19)29(17)12-22(25,26)27/h2,4-5,7-8,28H,9-12H2,1H3. The van der Waals surface area contributed by atoms with Crippen molar-refractivity contribution in [2.24, 2.45) is 0 Å². The summed E-state index contributed by atoms with van der Waals surface area (Å²) >= 11 is 3.18. The van der Waals surface area contributed by atoms with Crippen LogP contribution in [-0.2, 0) is 22.8 Å². The molecule has 0 radical (unpaired) electrons. The van der Waals surface area contributed by atoms with Crippen molar-refractivity contribution in [3.63, 3.8) is 0 Å². The molecule has 174 valence electrons. The predicted molar refractivity (Wildman–Crippen MR) is 120 cm³/mol. The first-order valence-electron chi connectivity index (χ1n) is 9.72. The second-order valence-electron chi connectivity index (χ2n) is 7.44. The van der Waals surface area contributed by atoms with Gasteiger partial charge in [-0.25, -0.2) is 12.8 Å². The molecule has 1 aliphatic rings. The average molecular weight is 545 g/mol. The molecule has 2 heterocycles. The highest BCUT2D eigenvalue weighted by molar-refractivity contribution is 9.10. The predicted octanol–water partition coefficient (Wildman–Crippen LogP) is 4.91. The number of benzene rings is 2. The van der Waals surface area contributed by atoms with Crippen molar-refractivity contribution in [3.05, 3.63) is 51.9 Å². The molecule has 0 saturated heterocycles. The van der Waals surface area contributed by atoms with Gasteiger partial charge in [0.1, 0.15) is 18.0 Å². The molecular weight excluding hydrogens is 528 g/mol. The number of halogens is 5. The number of alkyl halides is 3. The Balaban J connectivity index is 1.65. The van der Waals surface area contributed by atoms with Crippen molar-refractivity contribution in [3.8, 4) is 17.6 Å². The molecule has 11 heteroatoms. The number of fused-ring (bicyclic) bond motifs is 2. The van der Waals surface area contributed by atoms with Crippen LogP contribution < -0.4 is 10.1 Å². The van der Waals surface area contributed by atoms with Crippen molar-refractivity contribution >= 4 is 42.4 Å². The van der Waals surface area contributed by atoms with Crippen molar-refractivity contribution in [1.29, 1.82) is 0 Å². The maximum absolute atomic E-state index is 15.0. The summed E-state index contributed by atoms with van der Waals surface area (Å²) in [6.07, 6.45) is -3.00. The number of rotatable bonds is 4. The molecule has 2 aromatic carbocycles. The van der Waals surface area contributed by atoms with Gasteiger partial charge in [0.15, 0.2) is 15.7 Å². The molecule has 0 fully saturated rings. The van der Waals surface area contributed by atoms with Crippen LogP contribution in [0.15, 0.2) is 39.7 Å². The quantitative estimate of drug-likeness (QED) is 0.374. The lowest BCUT2D eigenvalue weighted by Gasteiger charge is -2.11. The van der Waals surface area contributed by atoms with Gasteiger partial charge in [-0.2, -0.15) is 13.2 Å². The van der Waals surface area contributed by atoms with Crippen LogP contribution in [0.25, 0.3) is 10.9 Å². The number of anilines is 1. The van der Waals surface area contributed by atoms with E-state index in [0.717, 1.165) is 10.8 Å². The molecule has 0 amide bonds. The molecular formula is C22H17BrF4N2O3S. The van der Waals surface area contributed by atoms with E-state index >= 15 is 0 Å². The number of ether oxygens (including phenoxy) is 1. The summed E-state index contributed by atoms with van der Waals surface area (Å²) in [4.78, 5) is 0.191. The first kappa shape index (κ1) is 23.4. The third-order valence-corrected chi connectivity index (χ3v) is 6.95. The molecule has 0 aliphatic carbocycles. The molecule has 1 N–H and O–H groups in total. The Bertz CT molecular complexity index is 1420. The highest BCUT2D eigenvalue weighted by atomic mass is 79.9.